The summed E-state index contributed by atoms with van der Waals surface area (Å²) >= 11 is 4.10. The molecule has 4 atom stereocenters. The van der Waals surface area contributed by atoms with Crippen molar-refractivity contribution in [3.63, 3.8) is 0 Å². The SMILES string of the molecule is Nc1nc(S)nc2c1ncn2C1OC(COC[PH]=O)CC1O. The van der Waals surface area contributed by atoms with Gasteiger partial charge in [-0.05, 0) is 0 Å². The topological polar surface area (TPSA) is 125 Å². The van der Waals surface area contributed by atoms with Crippen molar-refractivity contribution >= 4 is 38.1 Å². The quantitative estimate of drug-likeness (QED) is 0.307. The first-order chi connectivity index (χ1) is 10.6. The van der Waals surface area contributed by atoms with Crippen LogP contribution in [0.2, 0.25) is 0 Å². The van der Waals surface area contributed by atoms with E-state index in [4.69, 9.17) is 15.2 Å². The van der Waals surface area contributed by atoms with Gasteiger partial charge >= 0.3 is 0 Å². The Morgan fingerprint density at radius 3 is 3.18 bits per heavy atom. The molecule has 1 radical (unpaired) electrons. The number of anilines is 1. The summed E-state index contributed by atoms with van der Waals surface area (Å²) in [5.41, 5.74) is 6.66. The summed E-state index contributed by atoms with van der Waals surface area (Å²) in [6.45, 7) is 0.268. The first kappa shape index (κ1) is 15.6. The molecule has 1 aliphatic heterocycles. The second-order valence-corrected chi connectivity index (χ2v) is 5.82. The van der Waals surface area contributed by atoms with E-state index in [1.165, 1.54) is 6.33 Å². The lowest BCUT2D eigenvalue weighted by molar-refractivity contribution is -0.0557. The summed E-state index contributed by atoms with van der Waals surface area (Å²) in [4.78, 5) is 12.3. The average molecular weight is 344 g/mol. The second-order valence-electron chi connectivity index (χ2n) is 4.84. The van der Waals surface area contributed by atoms with Gasteiger partial charge in [-0.3, -0.25) is 9.13 Å². The highest BCUT2D eigenvalue weighted by molar-refractivity contribution is 7.80. The molecule has 1 saturated heterocycles. The highest BCUT2D eigenvalue weighted by Gasteiger charge is 2.36. The first-order valence-electron chi connectivity index (χ1n) is 6.55. The minimum atomic E-state index is -0.736. The normalized spacial score (nSPS) is 25.3. The Hall–Kier alpha value is -1.32. The fourth-order valence-corrected chi connectivity index (χ4v) is 2.84. The van der Waals surface area contributed by atoms with Gasteiger partial charge in [0.1, 0.15) is 18.0 Å². The van der Waals surface area contributed by atoms with E-state index in [9.17, 15) is 9.67 Å². The molecule has 0 bridgehead atoms. The fourth-order valence-electron chi connectivity index (χ4n) is 2.43. The molecular formula is C11H15N5O4PS. The zero-order valence-corrected chi connectivity index (χ0v) is 13.3. The molecule has 11 heteroatoms. The number of hydrogen-bond donors (Lipinski definition) is 3. The number of nitrogens with two attached hydrogens (primary N) is 1. The van der Waals surface area contributed by atoms with Crippen LogP contribution in [0.4, 0.5) is 5.82 Å². The number of imidazole rings is 1. The summed E-state index contributed by atoms with van der Waals surface area (Å²) in [6.07, 6.45) is 0.389. The number of aliphatic hydroxyl groups excluding tert-OH is 1. The van der Waals surface area contributed by atoms with Crippen LogP contribution in [0.1, 0.15) is 12.6 Å². The monoisotopic (exact) mass is 344 g/mol. The standard InChI is InChI=1S/C11H15N5O4PS/c12-8-7-9(15-11(22)14-8)16(3-13-7)10-6(17)1-5(20-10)2-19-4-21-18/h3,5-6,10,17,21H,1-2,4H2,(H3,12,14,15,22). The van der Waals surface area contributed by atoms with E-state index in [2.05, 4.69) is 27.6 Å². The Kier molecular flexibility index (Phi) is 4.55. The van der Waals surface area contributed by atoms with Crippen molar-refractivity contribution in [3.8, 4) is 0 Å². The van der Waals surface area contributed by atoms with Crippen LogP contribution in [0.5, 0.6) is 0 Å². The Bertz CT molecular complexity index is 698. The molecule has 119 valence electrons. The molecule has 1 fully saturated rings. The van der Waals surface area contributed by atoms with E-state index >= 15 is 0 Å². The number of fused-ring (bicyclic) bond motifs is 1. The predicted molar refractivity (Wildman–Crippen MR) is 81.3 cm³/mol. The second kappa shape index (κ2) is 6.43. The first-order valence-corrected chi connectivity index (χ1v) is 8.11. The molecule has 4 unspecified atom stereocenters. The molecule has 22 heavy (non-hydrogen) atoms. The Labute approximate surface area is 132 Å². The summed E-state index contributed by atoms with van der Waals surface area (Å²) in [7, 11) is -0.515. The summed E-state index contributed by atoms with van der Waals surface area (Å²) in [6, 6.07) is 0. The van der Waals surface area contributed by atoms with Crippen LogP contribution < -0.4 is 5.73 Å². The maximum atomic E-state index is 10.4. The lowest BCUT2D eigenvalue weighted by atomic mass is 10.2. The van der Waals surface area contributed by atoms with E-state index in [0.717, 1.165) is 0 Å². The van der Waals surface area contributed by atoms with Gasteiger partial charge in [0.25, 0.3) is 0 Å². The number of thiol groups is 1. The number of aliphatic hydroxyl groups is 1. The number of nitrogen functional groups attached to an aromatic ring is 1. The summed E-state index contributed by atoms with van der Waals surface area (Å²) in [5.74, 6) is 0.220. The summed E-state index contributed by atoms with van der Waals surface area (Å²) in [5, 5.41) is 10.4. The van der Waals surface area contributed by atoms with Crippen LogP contribution in [0.15, 0.2) is 11.5 Å². The van der Waals surface area contributed by atoms with Crippen LogP contribution in [-0.2, 0) is 14.0 Å². The predicted octanol–water partition coefficient (Wildman–Crippen LogP) is 0.344. The zero-order chi connectivity index (χ0) is 15.7. The number of ether oxygens (including phenoxy) is 2. The van der Waals surface area contributed by atoms with Gasteiger partial charge in [-0.15, -0.1) is 12.6 Å². The van der Waals surface area contributed by atoms with E-state index < -0.39 is 20.8 Å². The van der Waals surface area contributed by atoms with Crippen LogP contribution >= 0.6 is 21.1 Å². The van der Waals surface area contributed by atoms with E-state index in [1.54, 1.807) is 4.57 Å². The lowest BCUT2D eigenvalue weighted by Crippen LogP contribution is -2.19. The third kappa shape index (κ3) is 2.92. The zero-order valence-electron chi connectivity index (χ0n) is 11.4. The Morgan fingerprint density at radius 2 is 2.41 bits per heavy atom. The van der Waals surface area contributed by atoms with Gasteiger partial charge in [0.15, 0.2) is 22.8 Å². The minimum Gasteiger partial charge on any atom is -0.388 e. The molecule has 0 spiro atoms. The molecule has 2 aromatic heterocycles. The number of nitrogens with zero attached hydrogens (tertiary/aromatic N) is 4. The van der Waals surface area contributed by atoms with Crippen molar-refractivity contribution in [1.29, 1.82) is 0 Å². The van der Waals surface area contributed by atoms with Gasteiger partial charge in [-0.1, -0.05) is 0 Å². The van der Waals surface area contributed by atoms with Gasteiger partial charge in [0.05, 0.1) is 27.5 Å². The molecule has 3 heterocycles. The van der Waals surface area contributed by atoms with Crippen molar-refractivity contribution in [3.05, 3.63) is 6.33 Å². The van der Waals surface area contributed by atoms with Crippen LogP contribution in [0, 0.1) is 0 Å². The van der Waals surface area contributed by atoms with Crippen molar-refractivity contribution < 1.29 is 19.1 Å². The largest absolute Gasteiger partial charge is 0.388 e. The van der Waals surface area contributed by atoms with Gasteiger partial charge in [-0.2, -0.15) is 0 Å². The van der Waals surface area contributed by atoms with Crippen molar-refractivity contribution in [2.75, 3.05) is 18.7 Å². The average Bonchev–Trinajstić information content (AvgIpc) is 3.03. The fraction of sp³-hybridized carbons (Fsp3) is 0.545. The van der Waals surface area contributed by atoms with Gasteiger partial charge in [0, 0.05) is 6.42 Å². The molecule has 1 aliphatic rings. The molecular weight excluding hydrogens is 329 g/mol. The van der Waals surface area contributed by atoms with E-state index in [0.29, 0.717) is 17.6 Å². The lowest BCUT2D eigenvalue weighted by Gasteiger charge is -2.16. The third-order valence-electron chi connectivity index (χ3n) is 3.34. The van der Waals surface area contributed by atoms with Crippen molar-refractivity contribution in [2.45, 2.75) is 30.0 Å². The van der Waals surface area contributed by atoms with Gasteiger partial charge in [0.2, 0.25) is 0 Å². The molecule has 3 N–H and O–H groups in total. The number of aromatic nitrogens is 4. The van der Waals surface area contributed by atoms with Crippen molar-refractivity contribution in [1.82, 2.24) is 19.5 Å². The molecule has 0 aliphatic carbocycles. The number of hydrogen-bond acceptors (Lipinski definition) is 9. The van der Waals surface area contributed by atoms with Crippen molar-refractivity contribution in [2.24, 2.45) is 0 Å². The Balaban J connectivity index is 1.83. The maximum Gasteiger partial charge on any atom is 0.188 e. The van der Waals surface area contributed by atoms with Crippen LogP contribution in [0.3, 0.4) is 0 Å². The van der Waals surface area contributed by atoms with Crippen LogP contribution in [0.25, 0.3) is 11.2 Å². The Morgan fingerprint density at radius 1 is 1.59 bits per heavy atom. The highest BCUT2D eigenvalue weighted by atomic mass is 32.1. The van der Waals surface area contributed by atoms with Gasteiger partial charge in [-0.25, -0.2) is 15.0 Å². The minimum absolute atomic E-state index is 0.154. The van der Waals surface area contributed by atoms with Gasteiger partial charge < -0.3 is 20.3 Å². The molecule has 0 saturated carbocycles. The van der Waals surface area contributed by atoms with Crippen LogP contribution in [-0.4, -0.2) is 49.8 Å². The maximum absolute atomic E-state index is 10.4. The highest BCUT2D eigenvalue weighted by Crippen LogP contribution is 2.32. The molecule has 9 nitrogen and oxygen atoms in total. The summed E-state index contributed by atoms with van der Waals surface area (Å²) < 4.78 is 23.0. The molecule has 2 aromatic rings. The smallest absolute Gasteiger partial charge is 0.188 e. The molecule has 0 aromatic carbocycles. The van der Waals surface area contributed by atoms with E-state index in [-0.39, 0.29) is 30.0 Å². The third-order valence-corrected chi connectivity index (χ3v) is 3.86. The molecule has 3 rings (SSSR count). The number of rotatable bonds is 5. The van der Waals surface area contributed by atoms with E-state index in [1.807, 2.05) is 0 Å². The molecule has 0 amide bonds.